The molecule has 10 heteroatoms. The predicted molar refractivity (Wildman–Crippen MR) is 119 cm³/mol. The Morgan fingerprint density at radius 2 is 1.91 bits per heavy atom. The number of primary amides is 1. The molecule has 1 aromatic carbocycles. The number of nitrogens with one attached hydrogen (secondary N) is 2. The second-order valence-electron chi connectivity index (χ2n) is 8.41. The van der Waals surface area contributed by atoms with Gasteiger partial charge in [0.2, 0.25) is 5.91 Å². The van der Waals surface area contributed by atoms with Crippen molar-refractivity contribution in [3.05, 3.63) is 53.2 Å². The van der Waals surface area contributed by atoms with Crippen LogP contribution in [0.15, 0.2) is 30.5 Å². The highest BCUT2D eigenvalue weighted by Crippen LogP contribution is 2.35. The van der Waals surface area contributed by atoms with Crippen LogP contribution in [-0.4, -0.2) is 37.6 Å². The number of halogens is 1. The number of nitrogens with zero attached hydrogens (tertiary/aromatic N) is 3. The van der Waals surface area contributed by atoms with E-state index in [0.717, 1.165) is 18.5 Å². The van der Waals surface area contributed by atoms with Gasteiger partial charge < -0.3 is 11.1 Å². The molecule has 33 heavy (non-hydrogen) atoms. The minimum absolute atomic E-state index is 0.0464. The number of aromatic amines is 1. The lowest BCUT2D eigenvalue weighted by Gasteiger charge is -2.29. The van der Waals surface area contributed by atoms with Crippen LogP contribution in [0.4, 0.5) is 10.1 Å². The van der Waals surface area contributed by atoms with Gasteiger partial charge in [0.1, 0.15) is 5.82 Å². The van der Waals surface area contributed by atoms with Gasteiger partial charge in [-0.25, -0.2) is 4.39 Å². The first kappa shape index (κ1) is 22.4. The number of hydrogen-bond acceptors (Lipinski definition) is 5. The van der Waals surface area contributed by atoms with E-state index in [9.17, 15) is 18.8 Å². The summed E-state index contributed by atoms with van der Waals surface area (Å²) in [5, 5.41) is 13.6. The molecule has 4 N–H and O–H groups in total. The van der Waals surface area contributed by atoms with Gasteiger partial charge in [-0.3, -0.25) is 24.2 Å². The maximum absolute atomic E-state index is 14.9. The number of nitrogens with two attached hydrogens (primary N) is 1. The smallest absolute Gasteiger partial charge is 0.271 e. The SMILES string of the molecule is Cc1cc(-c2ccc(C(=O)[C@@H]3CCCC[C@H]3C(=O)Nc3cn(C)nc3C(N)=O)c(F)c2)n[nH]1. The molecule has 1 saturated carbocycles. The van der Waals surface area contributed by atoms with Gasteiger partial charge >= 0.3 is 0 Å². The Balaban J connectivity index is 1.56. The van der Waals surface area contributed by atoms with E-state index in [2.05, 4.69) is 20.6 Å². The maximum atomic E-state index is 14.9. The van der Waals surface area contributed by atoms with Crippen molar-refractivity contribution >= 4 is 23.3 Å². The number of Topliss-reactive ketones (excluding diaryl/α,β-unsaturated/α-hetero) is 1. The highest BCUT2D eigenvalue weighted by molar-refractivity contribution is 6.05. The van der Waals surface area contributed by atoms with Crippen LogP contribution >= 0.6 is 0 Å². The van der Waals surface area contributed by atoms with Gasteiger partial charge in [-0.05, 0) is 38.0 Å². The number of H-pyrrole nitrogens is 1. The number of benzene rings is 1. The summed E-state index contributed by atoms with van der Waals surface area (Å²) in [6.07, 6.45) is 3.99. The summed E-state index contributed by atoms with van der Waals surface area (Å²) in [7, 11) is 1.60. The van der Waals surface area contributed by atoms with E-state index >= 15 is 0 Å². The molecule has 172 valence electrons. The van der Waals surface area contributed by atoms with Crippen molar-refractivity contribution in [2.24, 2.45) is 24.6 Å². The second-order valence-corrected chi connectivity index (χ2v) is 8.41. The van der Waals surface area contributed by atoms with Gasteiger partial charge in [0.05, 0.1) is 16.9 Å². The molecule has 2 heterocycles. The van der Waals surface area contributed by atoms with Crippen LogP contribution in [0.1, 0.15) is 52.2 Å². The second kappa shape index (κ2) is 8.97. The van der Waals surface area contributed by atoms with Gasteiger partial charge in [0, 0.05) is 36.3 Å². The highest BCUT2D eigenvalue weighted by Gasteiger charge is 2.37. The number of carbonyl (C=O) groups excluding carboxylic acids is 3. The lowest BCUT2D eigenvalue weighted by atomic mass is 9.74. The Morgan fingerprint density at radius 1 is 1.18 bits per heavy atom. The normalized spacial score (nSPS) is 18.2. The van der Waals surface area contributed by atoms with E-state index in [0.29, 0.717) is 24.1 Å². The fraction of sp³-hybridized carbons (Fsp3) is 0.348. The zero-order chi connectivity index (χ0) is 23.7. The van der Waals surface area contributed by atoms with Crippen LogP contribution in [0.2, 0.25) is 0 Å². The standard InChI is InChI=1S/C23H25FN6O3/c1-12-9-18(28-27-12)13-7-8-16(17(24)10-13)21(31)14-5-3-4-6-15(14)23(33)26-19-11-30(2)29-20(19)22(25)32/h7-11,14-15H,3-6H2,1-2H3,(H2,25,32)(H,26,33)(H,27,28)/t14-,15-/m1/s1. The van der Waals surface area contributed by atoms with Crippen LogP contribution < -0.4 is 11.1 Å². The Morgan fingerprint density at radius 3 is 2.55 bits per heavy atom. The first-order valence-electron chi connectivity index (χ1n) is 10.7. The third kappa shape index (κ3) is 4.55. The van der Waals surface area contributed by atoms with E-state index < -0.39 is 35.3 Å². The molecular formula is C23H25FN6O3. The molecule has 0 spiro atoms. The third-order valence-corrected chi connectivity index (χ3v) is 6.00. The summed E-state index contributed by atoms with van der Waals surface area (Å²) < 4.78 is 16.3. The van der Waals surface area contributed by atoms with E-state index in [-0.39, 0.29) is 16.9 Å². The largest absolute Gasteiger partial charge is 0.364 e. The van der Waals surface area contributed by atoms with Crippen LogP contribution in [0.25, 0.3) is 11.3 Å². The fourth-order valence-corrected chi connectivity index (χ4v) is 4.39. The molecule has 4 rings (SSSR count). The zero-order valence-electron chi connectivity index (χ0n) is 18.4. The molecule has 1 aliphatic carbocycles. The Kier molecular flexibility index (Phi) is 6.08. The fourth-order valence-electron chi connectivity index (χ4n) is 4.39. The number of aromatic nitrogens is 4. The van der Waals surface area contributed by atoms with E-state index in [1.54, 1.807) is 19.2 Å². The quantitative estimate of drug-likeness (QED) is 0.494. The zero-order valence-corrected chi connectivity index (χ0v) is 18.4. The molecule has 0 bridgehead atoms. The number of ketones is 1. The molecule has 0 unspecified atom stereocenters. The Labute approximate surface area is 189 Å². The first-order valence-corrected chi connectivity index (χ1v) is 10.7. The molecule has 2 aromatic heterocycles. The van der Waals surface area contributed by atoms with Crippen LogP contribution in [0.5, 0.6) is 0 Å². The number of anilines is 1. The van der Waals surface area contributed by atoms with Crippen molar-refractivity contribution in [3.8, 4) is 11.3 Å². The van der Waals surface area contributed by atoms with Gasteiger partial charge in [0.25, 0.3) is 5.91 Å². The molecule has 3 aromatic rings. The van der Waals surface area contributed by atoms with Crippen LogP contribution in [0, 0.1) is 24.6 Å². The van der Waals surface area contributed by atoms with Crippen molar-refractivity contribution in [1.29, 1.82) is 0 Å². The van der Waals surface area contributed by atoms with Crippen molar-refractivity contribution in [2.75, 3.05) is 5.32 Å². The summed E-state index contributed by atoms with van der Waals surface area (Å²) in [5.41, 5.74) is 7.41. The first-order chi connectivity index (χ1) is 15.7. The van der Waals surface area contributed by atoms with E-state index in [1.165, 1.54) is 23.0 Å². The summed E-state index contributed by atoms with van der Waals surface area (Å²) in [6, 6.07) is 6.18. The van der Waals surface area contributed by atoms with Crippen molar-refractivity contribution < 1.29 is 18.8 Å². The molecule has 9 nitrogen and oxygen atoms in total. The summed E-state index contributed by atoms with van der Waals surface area (Å²) in [4.78, 5) is 38.0. The molecule has 0 saturated heterocycles. The van der Waals surface area contributed by atoms with E-state index in [4.69, 9.17) is 5.73 Å². The number of rotatable bonds is 6. The Hall–Kier alpha value is -3.82. The highest BCUT2D eigenvalue weighted by atomic mass is 19.1. The van der Waals surface area contributed by atoms with E-state index in [1.807, 2.05) is 6.92 Å². The van der Waals surface area contributed by atoms with Gasteiger partial charge in [0.15, 0.2) is 11.5 Å². The number of amides is 2. The predicted octanol–water partition coefficient (Wildman–Crippen LogP) is 2.98. The number of hydrogen-bond donors (Lipinski definition) is 3. The van der Waals surface area contributed by atoms with Crippen molar-refractivity contribution in [1.82, 2.24) is 20.0 Å². The summed E-state index contributed by atoms with van der Waals surface area (Å²) in [5.74, 6) is -3.55. The van der Waals surface area contributed by atoms with Crippen LogP contribution in [0.3, 0.4) is 0 Å². The maximum Gasteiger partial charge on any atom is 0.271 e. The lowest BCUT2D eigenvalue weighted by molar-refractivity contribution is -0.122. The van der Waals surface area contributed by atoms with Gasteiger partial charge in [-0.15, -0.1) is 0 Å². The average Bonchev–Trinajstić information content (AvgIpc) is 3.38. The minimum atomic E-state index is -0.767. The lowest BCUT2D eigenvalue weighted by Crippen LogP contribution is -2.36. The molecular weight excluding hydrogens is 427 g/mol. The monoisotopic (exact) mass is 452 g/mol. The van der Waals surface area contributed by atoms with Gasteiger partial charge in [-0.1, -0.05) is 18.9 Å². The molecule has 1 fully saturated rings. The molecule has 2 amide bonds. The van der Waals surface area contributed by atoms with Gasteiger partial charge in [-0.2, -0.15) is 10.2 Å². The van der Waals surface area contributed by atoms with Crippen LogP contribution in [-0.2, 0) is 11.8 Å². The Bertz CT molecular complexity index is 1230. The molecule has 1 aliphatic rings. The van der Waals surface area contributed by atoms with Crippen molar-refractivity contribution in [3.63, 3.8) is 0 Å². The molecule has 0 aliphatic heterocycles. The molecule has 0 radical (unpaired) electrons. The summed E-state index contributed by atoms with van der Waals surface area (Å²) in [6.45, 7) is 1.84. The minimum Gasteiger partial charge on any atom is -0.364 e. The average molecular weight is 452 g/mol. The summed E-state index contributed by atoms with van der Waals surface area (Å²) >= 11 is 0. The number of aryl methyl sites for hydroxylation is 2. The van der Waals surface area contributed by atoms with Crippen molar-refractivity contribution in [2.45, 2.75) is 32.6 Å². The number of carbonyl (C=O) groups is 3. The third-order valence-electron chi connectivity index (χ3n) is 6.00. The molecule has 2 atom stereocenters. The topological polar surface area (TPSA) is 136 Å².